The summed E-state index contributed by atoms with van der Waals surface area (Å²) in [6, 6.07) is 7.19. The van der Waals surface area contributed by atoms with Gasteiger partial charge in [0.2, 0.25) is 15.9 Å². The molecule has 0 saturated heterocycles. The van der Waals surface area contributed by atoms with E-state index in [-0.39, 0.29) is 25.4 Å². The lowest BCUT2D eigenvalue weighted by molar-refractivity contribution is -0.121. The molecule has 0 saturated carbocycles. The van der Waals surface area contributed by atoms with E-state index in [0.717, 1.165) is 18.4 Å². The van der Waals surface area contributed by atoms with Crippen LogP contribution < -0.4 is 10.1 Å². The van der Waals surface area contributed by atoms with E-state index < -0.39 is 10.0 Å². The Morgan fingerprint density at radius 3 is 2.29 bits per heavy atom. The Morgan fingerprint density at radius 1 is 1.17 bits per heavy atom. The fraction of sp³-hybridized carbons (Fsp3) is 0.562. The molecule has 0 atom stereocenters. The third-order valence-electron chi connectivity index (χ3n) is 3.46. The molecule has 1 rings (SSSR count). The maximum absolute atomic E-state index is 11.9. The van der Waals surface area contributed by atoms with E-state index in [2.05, 4.69) is 5.32 Å². The SMILES string of the molecule is COc1ccc(CN(CCC(=O)NCCN(C)C)S(C)(=O)=O)cc1. The summed E-state index contributed by atoms with van der Waals surface area (Å²) in [4.78, 5) is 13.8. The van der Waals surface area contributed by atoms with Crippen molar-refractivity contribution >= 4 is 15.9 Å². The van der Waals surface area contributed by atoms with Crippen molar-refractivity contribution < 1.29 is 17.9 Å². The summed E-state index contributed by atoms with van der Waals surface area (Å²) in [6.07, 6.45) is 1.29. The average molecular weight is 357 g/mol. The van der Waals surface area contributed by atoms with Gasteiger partial charge < -0.3 is 15.0 Å². The zero-order valence-electron chi connectivity index (χ0n) is 14.8. The third kappa shape index (κ3) is 7.76. The largest absolute Gasteiger partial charge is 0.497 e. The Labute approximate surface area is 144 Å². The van der Waals surface area contributed by atoms with Crippen LogP contribution >= 0.6 is 0 Å². The minimum absolute atomic E-state index is 0.136. The number of hydrogen-bond donors (Lipinski definition) is 1. The minimum Gasteiger partial charge on any atom is -0.497 e. The highest BCUT2D eigenvalue weighted by Gasteiger charge is 2.18. The van der Waals surface area contributed by atoms with Crippen LogP contribution in [0.2, 0.25) is 0 Å². The molecule has 7 nitrogen and oxygen atoms in total. The van der Waals surface area contributed by atoms with Gasteiger partial charge in [0.1, 0.15) is 5.75 Å². The predicted octanol–water partition coefficient (Wildman–Crippen LogP) is 0.525. The molecule has 0 heterocycles. The predicted molar refractivity (Wildman–Crippen MR) is 94.4 cm³/mol. The molecule has 0 unspecified atom stereocenters. The Balaban J connectivity index is 2.58. The summed E-state index contributed by atoms with van der Waals surface area (Å²) in [5.41, 5.74) is 0.842. The van der Waals surface area contributed by atoms with E-state index in [1.807, 2.05) is 31.1 Å². The second-order valence-corrected chi connectivity index (χ2v) is 7.83. The highest BCUT2D eigenvalue weighted by Crippen LogP contribution is 2.14. The van der Waals surface area contributed by atoms with E-state index in [1.54, 1.807) is 19.2 Å². The van der Waals surface area contributed by atoms with E-state index in [1.165, 1.54) is 4.31 Å². The Bertz CT molecular complexity index is 615. The number of likely N-dealkylation sites (N-methyl/N-ethyl adjacent to an activating group) is 1. The number of rotatable bonds is 10. The zero-order valence-corrected chi connectivity index (χ0v) is 15.6. The number of nitrogens with one attached hydrogen (secondary N) is 1. The lowest BCUT2D eigenvalue weighted by Gasteiger charge is -2.20. The van der Waals surface area contributed by atoms with Gasteiger partial charge in [-0.15, -0.1) is 0 Å². The molecule has 1 amide bonds. The molecule has 1 aromatic rings. The maximum atomic E-state index is 11.9. The molecular weight excluding hydrogens is 330 g/mol. The molecular formula is C16H27N3O4S. The van der Waals surface area contributed by atoms with Gasteiger partial charge >= 0.3 is 0 Å². The first kappa shape index (κ1) is 20.4. The van der Waals surface area contributed by atoms with Crippen molar-refractivity contribution in [3.8, 4) is 5.75 Å². The van der Waals surface area contributed by atoms with Crippen molar-refractivity contribution in [2.75, 3.05) is 47.1 Å². The molecule has 0 aliphatic heterocycles. The minimum atomic E-state index is -3.39. The van der Waals surface area contributed by atoms with Gasteiger partial charge in [-0.25, -0.2) is 8.42 Å². The molecule has 0 radical (unpaired) electrons. The van der Waals surface area contributed by atoms with E-state index in [0.29, 0.717) is 12.3 Å². The fourth-order valence-corrected chi connectivity index (χ4v) is 2.84. The Morgan fingerprint density at radius 2 is 1.79 bits per heavy atom. The van der Waals surface area contributed by atoms with Crippen molar-refractivity contribution in [3.63, 3.8) is 0 Å². The van der Waals surface area contributed by atoms with Gasteiger partial charge in [0.05, 0.1) is 13.4 Å². The quantitative estimate of drug-likeness (QED) is 0.661. The molecule has 1 aromatic carbocycles. The number of carbonyl (C=O) groups is 1. The van der Waals surface area contributed by atoms with Crippen molar-refractivity contribution in [3.05, 3.63) is 29.8 Å². The van der Waals surface area contributed by atoms with Gasteiger partial charge in [0.15, 0.2) is 0 Å². The monoisotopic (exact) mass is 357 g/mol. The molecule has 0 aliphatic carbocycles. The van der Waals surface area contributed by atoms with E-state index >= 15 is 0 Å². The summed E-state index contributed by atoms with van der Waals surface area (Å²) in [5, 5.41) is 2.78. The van der Waals surface area contributed by atoms with Crippen molar-refractivity contribution in [1.29, 1.82) is 0 Å². The number of ether oxygens (including phenoxy) is 1. The van der Waals surface area contributed by atoms with Crippen LogP contribution in [0.4, 0.5) is 0 Å². The standard InChI is InChI=1S/C16H27N3O4S/c1-18(2)12-10-17-16(20)9-11-19(24(4,21)22)13-14-5-7-15(23-3)8-6-14/h5-8H,9-13H2,1-4H3,(H,17,20). The molecule has 0 fully saturated rings. The number of methoxy groups -OCH3 is 1. The summed E-state index contributed by atoms with van der Waals surface area (Å²) in [5.74, 6) is 0.560. The van der Waals surface area contributed by atoms with Gasteiger partial charge in [-0.3, -0.25) is 4.79 Å². The van der Waals surface area contributed by atoms with E-state index in [9.17, 15) is 13.2 Å². The number of amides is 1. The number of sulfonamides is 1. The van der Waals surface area contributed by atoms with Gasteiger partial charge in [-0.1, -0.05) is 12.1 Å². The Kier molecular flexibility index (Phi) is 8.17. The van der Waals surface area contributed by atoms with Crippen LogP contribution in [0, 0.1) is 0 Å². The summed E-state index contributed by atoms with van der Waals surface area (Å²) in [6.45, 7) is 1.67. The zero-order chi connectivity index (χ0) is 18.2. The molecule has 0 spiro atoms. The summed E-state index contributed by atoms with van der Waals surface area (Å²) in [7, 11) is 2.03. The lowest BCUT2D eigenvalue weighted by Crippen LogP contribution is -2.36. The lowest BCUT2D eigenvalue weighted by atomic mass is 10.2. The van der Waals surface area contributed by atoms with Gasteiger partial charge in [0.25, 0.3) is 0 Å². The smallest absolute Gasteiger partial charge is 0.221 e. The van der Waals surface area contributed by atoms with Crippen LogP contribution in [0.5, 0.6) is 5.75 Å². The average Bonchev–Trinajstić information content (AvgIpc) is 2.50. The first-order chi connectivity index (χ1) is 11.2. The van der Waals surface area contributed by atoms with Crippen molar-refractivity contribution in [1.82, 2.24) is 14.5 Å². The second-order valence-electron chi connectivity index (χ2n) is 5.85. The third-order valence-corrected chi connectivity index (χ3v) is 4.71. The van der Waals surface area contributed by atoms with Crippen molar-refractivity contribution in [2.24, 2.45) is 0 Å². The molecule has 0 aromatic heterocycles. The van der Waals surface area contributed by atoms with Gasteiger partial charge in [-0.05, 0) is 31.8 Å². The molecule has 24 heavy (non-hydrogen) atoms. The van der Waals surface area contributed by atoms with Gasteiger partial charge in [-0.2, -0.15) is 4.31 Å². The number of benzene rings is 1. The van der Waals surface area contributed by atoms with Crippen LogP contribution in [-0.4, -0.2) is 70.6 Å². The molecule has 8 heteroatoms. The summed E-state index contributed by atoms with van der Waals surface area (Å²) >= 11 is 0. The number of nitrogens with zero attached hydrogens (tertiary/aromatic N) is 2. The van der Waals surface area contributed by atoms with Crippen LogP contribution in [-0.2, 0) is 21.4 Å². The molecule has 0 aliphatic rings. The number of hydrogen-bond acceptors (Lipinski definition) is 5. The fourth-order valence-electron chi connectivity index (χ4n) is 2.03. The van der Waals surface area contributed by atoms with Crippen LogP contribution in [0.25, 0.3) is 0 Å². The highest BCUT2D eigenvalue weighted by atomic mass is 32.2. The molecule has 1 N–H and O–H groups in total. The second kappa shape index (κ2) is 9.61. The first-order valence-corrected chi connectivity index (χ1v) is 9.56. The van der Waals surface area contributed by atoms with E-state index in [4.69, 9.17) is 4.74 Å². The maximum Gasteiger partial charge on any atom is 0.221 e. The first-order valence-electron chi connectivity index (χ1n) is 7.72. The van der Waals surface area contributed by atoms with Crippen LogP contribution in [0.15, 0.2) is 24.3 Å². The molecule has 136 valence electrons. The Hall–Kier alpha value is -1.64. The molecule has 0 bridgehead atoms. The number of carbonyl (C=O) groups excluding carboxylic acids is 1. The van der Waals surface area contributed by atoms with Gasteiger partial charge in [0, 0.05) is 32.6 Å². The van der Waals surface area contributed by atoms with Crippen LogP contribution in [0.1, 0.15) is 12.0 Å². The summed E-state index contributed by atoms with van der Waals surface area (Å²) < 4.78 is 30.3. The normalized spacial score (nSPS) is 11.8. The van der Waals surface area contributed by atoms with Crippen LogP contribution in [0.3, 0.4) is 0 Å². The van der Waals surface area contributed by atoms with Crippen molar-refractivity contribution in [2.45, 2.75) is 13.0 Å². The highest BCUT2D eigenvalue weighted by molar-refractivity contribution is 7.88. The topological polar surface area (TPSA) is 79.0 Å².